The molecule has 0 aromatic rings. The molecule has 0 saturated carbocycles. The lowest BCUT2D eigenvalue weighted by Crippen LogP contribution is -2.49. The molecule has 1 rings (SSSR count). The lowest BCUT2D eigenvalue weighted by molar-refractivity contribution is -0.123. The first-order valence-electron chi connectivity index (χ1n) is 6.39. The van der Waals surface area contributed by atoms with E-state index in [2.05, 4.69) is 21.4 Å². The maximum absolute atomic E-state index is 12.1. The highest BCUT2D eigenvalue weighted by molar-refractivity contribution is 5.87. The first-order chi connectivity index (χ1) is 8.54. The highest BCUT2D eigenvalue weighted by Crippen LogP contribution is 2.15. The summed E-state index contributed by atoms with van der Waals surface area (Å²) in [7, 11) is 1.29. The summed E-state index contributed by atoms with van der Waals surface area (Å²) in [5, 5.41) is 5.44. The minimum absolute atomic E-state index is 0.00768. The number of nitrogens with one attached hydrogen (secondary N) is 2. The fourth-order valence-electron chi connectivity index (χ4n) is 1.91. The third kappa shape index (κ3) is 4.39. The molecule has 5 heteroatoms. The van der Waals surface area contributed by atoms with Gasteiger partial charge in [-0.05, 0) is 31.6 Å². The van der Waals surface area contributed by atoms with Crippen LogP contribution < -0.4 is 10.6 Å². The molecule has 0 bridgehead atoms. The van der Waals surface area contributed by atoms with E-state index in [0.717, 1.165) is 25.0 Å². The third-order valence-corrected chi connectivity index (χ3v) is 2.98. The quantitative estimate of drug-likeness (QED) is 0.805. The van der Waals surface area contributed by atoms with E-state index in [1.807, 2.05) is 13.8 Å². The molecule has 0 saturated heterocycles. The summed E-state index contributed by atoms with van der Waals surface area (Å²) in [6.45, 7) is 3.77. The van der Waals surface area contributed by atoms with Crippen molar-refractivity contribution in [1.82, 2.24) is 10.6 Å². The van der Waals surface area contributed by atoms with E-state index in [0.29, 0.717) is 0 Å². The van der Waals surface area contributed by atoms with Gasteiger partial charge in [0.05, 0.1) is 7.11 Å². The third-order valence-electron chi connectivity index (χ3n) is 2.98. The molecule has 1 unspecified atom stereocenters. The van der Waals surface area contributed by atoms with Crippen LogP contribution in [0.2, 0.25) is 0 Å². The lowest BCUT2D eigenvalue weighted by Gasteiger charge is -2.22. The van der Waals surface area contributed by atoms with E-state index in [1.54, 1.807) is 0 Å². The summed E-state index contributed by atoms with van der Waals surface area (Å²) in [4.78, 5) is 23.3. The van der Waals surface area contributed by atoms with Crippen molar-refractivity contribution in [3.8, 4) is 0 Å². The molecule has 0 aromatic carbocycles. The maximum Gasteiger partial charge on any atom is 0.407 e. The molecular weight excluding hydrogens is 232 g/mol. The summed E-state index contributed by atoms with van der Waals surface area (Å²) < 4.78 is 4.53. The largest absolute Gasteiger partial charge is 0.453 e. The number of carbonyl (C=O) groups excluding carboxylic acids is 2. The molecule has 2 N–H and O–H groups in total. The van der Waals surface area contributed by atoms with Gasteiger partial charge in [0.1, 0.15) is 6.04 Å². The van der Waals surface area contributed by atoms with E-state index in [9.17, 15) is 9.59 Å². The Hall–Kier alpha value is -1.52. The predicted molar refractivity (Wildman–Crippen MR) is 68.9 cm³/mol. The Kier molecular flexibility index (Phi) is 5.68. The van der Waals surface area contributed by atoms with Crippen molar-refractivity contribution >= 4 is 12.0 Å². The van der Waals surface area contributed by atoms with Crippen molar-refractivity contribution in [2.75, 3.05) is 7.11 Å². The van der Waals surface area contributed by atoms with Crippen LogP contribution in [-0.4, -0.2) is 25.2 Å². The van der Waals surface area contributed by atoms with Gasteiger partial charge in [-0.25, -0.2) is 4.79 Å². The molecule has 0 fully saturated rings. The number of methoxy groups -OCH3 is 1. The summed E-state index contributed by atoms with van der Waals surface area (Å²) in [5.41, 5.74) is 0.962. The van der Waals surface area contributed by atoms with E-state index in [4.69, 9.17) is 0 Å². The second-order valence-electron chi connectivity index (χ2n) is 4.82. The van der Waals surface area contributed by atoms with Crippen LogP contribution in [-0.2, 0) is 9.53 Å². The number of amides is 2. The average Bonchev–Trinajstić information content (AvgIpc) is 2.36. The normalized spacial score (nSPS) is 16.8. The number of allylic oxidation sites excluding steroid dienone is 2. The number of hydrogen-bond donors (Lipinski definition) is 2. The second-order valence-corrected chi connectivity index (χ2v) is 4.82. The van der Waals surface area contributed by atoms with Crippen LogP contribution in [0.3, 0.4) is 0 Å². The zero-order valence-corrected chi connectivity index (χ0v) is 11.3. The van der Waals surface area contributed by atoms with E-state index in [1.165, 1.54) is 13.5 Å². The van der Waals surface area contributed by atoms with E-state index in [-0.39, 0.29) is 11.8 Å². The molecule has 2 amide bonds. The molecule has 102 valence electrons. The van der Waals surface area contributed by atoms with Gasteiger partial charge in [0.25, 0.3) is 0 Å². The molecule has 0 aliphatic heterocycles. The van der Waals surface area contributed by atoms with Gasteiger partial charge >= 0.3 is 6.09 Å². The van der Waals surface area contributed by atoms with Crippen molar-refractivity contribution in [2.45, 2.75) is 45.6 Å². The zero-order chi connectivity index (χ0) is 13.5. The van der Waals surface area contributed by atoms with Crippen LogP contribution in [0, 0.1) is 5.92 Å². The molecule has 1 aliphatic carbocycles. The molecule has 0 heterocycles. The van der Waals surface area contributed by atoms with Crippen LogP contribution in [0.5, 0.6) is 0 Å². The van der Waals surface area contributed by atoms with Crippen LogP contribution in [0.25, 0.3) is 0 Å². The molecular formula is C13H22N2O3. The molecule has 1 aliphatic rings. The lowest BCUT2D eigenvalue weighted by atomic mass is 10.0. The fraction of sp³-hybridized carbons (Fsp3) is 0.692. The van der Waals surface area contributed by atoms with Crippen LogP contribution in [0.4, 0.5) is 4.79 Å². The van der Waals surface area contributed by atoms with Crippen molar-refractivity contribution in [2.24, 2.45) is 5.92 Å². The van der Waals surface area contributed by atoms with Gasteiger partial charge in [0.2, 0.25) is 5.91 Å². The van der Waals surface area contributed by atoms with Crippen molar-refractivity contribution in [3.05, 3.63) is 11.8 Å². The fourth-order valence-corrected chi connectivity index (χ4v) is 1.91. The number of ether oxygens (including phenoxy) is 1. The Bertz CT molecular complexity index is 337. The summed E-state index contributed by atoms with van der Waals surface area (Å²) in [6.07, 6.45) is 5.65. The summed E-state index contributed by atoms with van der Waals surface area (Å²) in [6, 6.07) is -0.569. The number of alkyl carbamates (subject to hydrolysis) is 1. The molecule has 18 heavy (non-hydrogen) atoms. The predicted octanol–water partition coefficient (Wildman–Crippen LogP) is 1.94. The van der Waals surface area contributed by atoms with Gasteiger partial charge in [0, 0.05) is 5.70 Å². The highest BCUT2D eigenvalue weighted by Gasteiger charge is 2.25. The number of carbonyl (C=O) groups is 2. The molecule has 1 atom stereocenters. The summed E-state index contributed by atoms with van der Waals surface area (Å²) in [5.74, 6) is -0.170. The first-order valence-corrected chi connectivity index (χ1v) is 6.39. The van der Waals surface area contributed by atoms with Crippen molar-refractivity contribution in [3.63, 3.8) is 0 Å². The van der Waals surface area contributed by atoms with Gasteiger partial charge in [-0.2, -0.15) is 0 Å². The van der Waals surface area contributed by atoms with Crippen molar-refractivity contribution < 1.29 is 14.3 Å². The smallest absolute Gasteiger partial charge is 0.407 e. The second kappa shape index (κ2) is 7.03. The standard InChI is InChI=1S/C13H22N2O3/c1-9(2)11(15-13(17)18-3)12(16)14-10-7-5-4-6-8-10/h7,9,11H,4-6,8H2,1-3H3,(H,14,16)(H,15,17). The number of rotatable bonds is 4. The molecule has 0 aromatic heterocycles. The Labute approximate surface area is 108 Å². The molecule has 5 nitrogen and oxygen atoms in total. The van der Waals surface area contributed by atoms with Gasteiger partial charge < -0.3 is 15.4 Å². The monoisotopic (exact) mass is 254 g/mol. The van der Waals surface area contributed by atoms with E-state index >= 15 is 0 Å². The SMILES string of the molecule is COC(=O)NC(C(=O)NC1=CCCCC1)C(C)C. The molecule has 0 spiro atoms. The minimum atomic E-state index is -0.582. The Morgan fingerprint density at radius 1 is 1.33 bits per heavy atom. The Morgan fingerprint density at radius 3 is 2.56 bits per heavy atom. The van der Waals surface area contributed by atoms with Gasteiger partial charge in [-0.15, -0.1) is 0 Å². The van der Waals surface area contributed by atoms with Gasteiger partial charge in [-0.1, -0.05) is 19.9 Å². The maximum atomic E-state index is 12.1. The van der Waals surface area contributed by atoms with Crippen LogP contribution >= 0.6 is 0 Å². The topological polar surface area (TPSA) is 67.4 Å². The van der Waals surface area contributed by atoms with Gasteiger partial charge in [-0.3, -0.25) is 4.79 Å². The van der Waals surface area contributed by atoms with Crippen LogP contribution in [0.15, 0.2) is 11.8 Å². The summed E-state index contributed by atoms with van der Waals surface area (Å²) >= 11 is 0. The minimum Gasteiger partial charge on any atom is -0.453 e. The molecule has 0 radical (unpaired) electrons. The highest BCUT2D eigenvalue weighted by atomic mass is 16.5. The van der Waals surface area contributed by atoms with Gasteiger partial charge in [0.15, 0.2) is 0 Å². The Morgan fingerprint density at radius 2 is 2.06 bits per heavy atom. The first kappa shape index (κ1) is 14.5. The van der Waals surface area contributed by atoms with Crippen molar-refractivity contribution in [1.29, 1.82) is 0 Å². The average molecular weight is 254 g/mol. The zero-order valence-electron chi connectivity index (χ0n) is 11.3. The Balaban J connectivity index is 2.59. The van der Waals surface area contributed by atoms with Crippen LogP contribution in [0.1, 0.15) is 39.5 Å². The number of hydrogen-bond acceptors (Lipinski definition) is 3. The van der Waals surface area contributed by atoms with E-state index < -0.39 is 12.1 Å².